The van der Waals surface area contributed by atoms with Crippen molar-refractivity contribution in [1.82, 2.24) is 5.32 Å². The van der Waals surface area contributed by atoms with Crippen LogP contribution in [-0.2, 0) is 0 Å². The zero-order chi connectivity index (χ0) is 19.6. The minimum atomic E-state index is 0.584. The largest absolute Gasteiger partial charge is 0.361 e. The fourth-order valence-corrected chi connectivity index (χ4v) is 3.18. The summed E-state index contributed by atoms with van der Waals surface area (Å²) in [5.74, 6) is 0. The van der Waals surface area contributed by atoms with Crippen molar-refractivity contribution in [2.75, 3.05) is 28.6 Å². The highest BCUT2D eigenvalue weighted by Gasteiger charge is 2.12. The Hall–Kier alpha value is -2.96. The van der Waals surface area contributed by atoms with Crippen LogP contribution in [0.15, 0.2) is 91.0 Å². The molecule has 0 heterocycles. The van der Waals surface area contributed by atoms with Crippen LogP contribution in [0.25, 0.3) is 0 Å². The predicted molar refractivity (Wildman–Crippen MR) is 127 cm³/mol. The topological polar surface area (TPSA) is 39.3 Å². The third-order valence-electron chi connectivity index (χ3n) is 3.99. The summed E-state index contributed by atoms with van der Waals surface area (Å²) in [6, 6.07) is 29.9. The molecule has 0 aliphatic carbocycles. The van der Waals surface area contributed by atoms with E-state index in [1.165, 1.54) is 0 Å². The van der Waals surface area contributed by atoms with Gasteiger partial charge in [-0.2, -0.15) is 0 Å². The van der Waals surface area contributed by atoms with E-state index in [0.717, 1.165) is 17.1 Å². The number of rotatable bonds is 6. The zero-order valence-corrected chi connectivity index (χ0v) is 17.0. The van der Waals surface area contributed by atoms with Gasteiger partial charge in [-0.3, -0.25) is 0 Å². The Bertz CT molecular complexity index is 886. The van der Waals surface area contributed by atoms with Crippen LogP contribution >= 0.6 is 24.4 Å². The summed E-state index contributed by atoms with van der Waals surface area (Å²) < 4.78 is 0. The first-order valence-electron chi connectivity index (χ1n) is 9.01. The van der Waals surface area contributed by atoms with Crippen LogP contribution in [0.3, 0.4) is 0 Å². The Kier molecular flexibility index (Phi) is 7.35. The number of anilines is 3. The van der Waals surface area contributed by atoms with Gasteiger partial charge in [0.25, 0.3) is 0 Å². The van der Waals surface area contributed by atoms with E-state index in [9.17, 15) is 0 Å². The highest BCUT2D eigenvalue weighted by atomic mass is 32.1. The third-order valence-corrected chi connectivity index (χ3v) is 4.56. The summed E-state index contributed by atoms with van der Waals surface area (Å²) in [6.45, 7) is 1.31. The van der Waals surface area contributed by atoms with Crippen molar-refractivity contribution in [1.29, 1.82) is 0 Å². The summed E-state index contributed by atoms with van der Waals surface area (Å²) in [7, 11) is 0. The smallest absolute Gasteiger partial charge is 0.178 e. The lowest BCUT2D eigenvalue weighted by molar-refractivity contribution is 0.868. The van der Waals surface area contributed by atoms with Gasteiger partial charge in [0.15, 0.2) is 10.2 Å². The molecule has 28 heavy (non-hydrogen) atoms. The molecule has 0 spiro atoms. The normalized spacial score (nSPS) is 10.0. The van der Waals surface area contributed by atoms with Crippen molar-refractivity contribution >= 4 is 51.7 Å². The SMILES string of the molecule is S=C(NCCN(C(=S)Nc1ccccc1)c1ccccc1)Nc1ccccc1. The molecule has 6 heteroatoms. The maximum Gasteiger partial charge on any atom is 0.178 e. The van der Waals surface area contributed by atoms with Crippen LogP contribution in [0.2, 0.25) is 0 Å². The molecule has 3 aromatic carbocycles. The fraction of sp³-hybridized carbons (Fsp3) is 0.0909. The van der Waals surface area contributed by atoms with Crippen molar-refractivity contribution in [3.05, 3.63) is 91.0 Å². The number of nitrogens with zero attached hydrogens (tertiary/aromatic N) is 1. The molecular weight excluding hydrogens is 384 g/mol. The molecule has 3 N–H and O–H groups in total. The number of hydrogen-bond donors (Lipinski definition) is 3. The van der Waals surface area contributed by atoms with Gasteiger partial charge in [-0.1, -0.05) is 54.6 Å². The molecule has 0 unspecified atom stereocenters. The molecule has 0 atom stereocenters. The van der Waals surface area contributed by atoms with Gasteiger partial charge in [-0.05, 0) is 60.8 Å². The van der Waals surface area contributed by atoms with Crippen LogP contribution in [0.1, 0.15) is 0 Å². The van der Waals surface area contributed by atoms with Crippen LogP contribution < -0.4 is 20.9 Å². The van der Waals surface area contributed by atoms with Gasteiger partial charge in [-0.25, -0.2) is 0 Å². The van der Waals surface area contributed by atoms with E-state index < -0.39 is 0 Å². The van der Waals surface area contributed by atoms with Crippen molar-refractivity contribution in [3.63, 3.8) is 0 Å². The second-order valence-electron chi connectivity index (χ2n) is 6.03. The Morgan fingerprint density at radius 2 is 1.18 bits per heavy atom. The Morgan fingerprint density at radius 1 is 0.679 bits per heavy atom. The fourth-order valence-electron chi connectivity index (χ4n) is 2.65. The molecule has 3 aromatic rings. The number of nitrogens with one attached hydrogen (secondary N) is 3. The lowest BCUT2D eigenvalue weighted by Crippen LogP contribution is -2.41. The number of thiocarbonyl (C=S) groups is 2. The Morgan fingerprint density at radius 3 is 1.75 bits per heavy atom. The van der Waals surface area contributed by atoms with Crippen LogP contribution in [0.5, 0.6) is 0 Å². The van der Waals surface area contributed by atoms with Gasteiger partial charge in [0.2, 0.25) is 0 Å². The van der Waals surface area contributed by atoms with E-state index in [1.807, 2.05) is 91.0 Å². The van der Waals surface area contributed by atoms with Gasteiger partial charge >= 0.3 is 0 Å². The van der Waals surface area contributed by atoms with E-state index in [2.05, 4.69) is 20.9 Å². The van der Waals surface area contributed by atoms with E-state index in [4.69, 9.17) is 24.4 Å². The highest BCUT2D eigenvalue weighted by molar-refractivity contribution is 7.81. The molecule has 0 saturated carbocycles. The second-order valence-corrected chi connectivity index (χ2v) is 6.83. The first kappa shape index (κ1) is 19.8. The maximum atomic E-state index is 5.66. The molecule has 142 valence electrons. The predicted octanol–water partition coefficient (Wildman–Crippen LogP) is 4.88. The summed E-state index contributed by atoms with van der Waals surface area (Å²) in [5, 5.41) is 10.9. The molecule has 4 nitrogen and oxygen atoms in total. The average Bonchev–Trinajstić information content (AvgIpc) is 2.73. The van der Waals surface area contributed by atoms with E-state index in [-0.39, 0.29) is 0 Å². The maximum absolute atomic E-state index is 5.66. The Balaban J connectivity index is 1.60. The first-order valence-corrected chi connectivity index (χ1v) is 9.82. The number of para-hydroxylation sites is 3. The van der Waals surface area contributed by atoms with Crippen molar-refractivity contribution in [2.24, 2.45) is 0 Å². The van der Waals surface area contributed by atoms with Gasteiger partial charge in [-0.15, -0.1) is 0 Å². The molecular formula is C22H22N4S2. The first-order chi connectivity index (χ1) is 13.7. The molecule has 0 amide bonds. The van der Waals surface area contributed by atoms with E-state index >= 15 is 0 Å². The molecule has 0 aromatic heterocycles. The second kappa shape index (κ2) is 10.4. The minimum absolute atomic E-state index is 0.584. The molecule has 0 radical (unpaired) electrons. The van der Waals surface area contributed by atoms with E-state index in [0.29, 0.717) is 23.3 Å². The summed E-state index contributed by atoms with van der Waals surface area (Å²) >= 11 is 11.0. The van der Waals surface area contributed by atoms with Crippen molar-refractivity contribution in [3.8, 4) is 0 Å². The lowest BCUT2D eigenvalue weighted by atomic mass is 10.3. The Labute approximate surface area is 176 Å². The van der Waals surface area contributed by atoms with Crippen LogP contribution in [0, 0.1) is 0 Å². The van der Waals surface area contributed by atoms with E-state index in [1.54, 1.807) is 0 Å². The lowest BCUT2D eigenvalue weighted by Gasteiger charge is -2.26. The zero-order valence-electron chi connectivity index (χ0n) is 15.3. The molecule has 0 fully saturated rings. The number of hydrogen-bond acceptors (Lipinski definition) is 2. The summed E-state index contributed by atoms with van der Waals surface area (Å²) in [6.07, 6.45) is 0. The van der Waals surface area contributed by atoms with Gasteiger partial charge in [0, 0.05) is 30.2 Å². The molecule has 0 bridgehead atoms. The average molecular weight is 407 g/mol. The van der Waals surface area contributed by atoms with Crippen LogP contribution in [-0.4, -0.2) is 23.3 Å². The molecule has 3 rings (SSSR count). The molecule has 0 aliphatic rings. The van der Waals surface area contributed by atoms with Crippen LogP contribution in [0.4, 0.5) is 17.1 Å². The summed E-state index contributed by atoms with van der Waals surface area (Å²) in [5.41, 5.74) is 2.95. The van der Waals surface area contributed by atoms with Crippen molar-refractivity contribution < 1.29 is 0 Å². The minimum Gasteiger partial charge on any atom is -0.361 e. The molecule has 0 saturated heterocycles. The van der Waals surface area contributed by atoms with Gasteiger partial charge < -0.3 is 20.9 Å². The molecule has 0 aliphatic heterocycles. The standard InChI is InChI=1S/C22H22N4S2/c27-21(24-18-10-4-1-5-11-18)23-16-17-26(20-14-8-3-9-15-20)22(28)25-19-12-6-2-7-13-19/h1-15H,16-17H2,(H,25,28)(H2,23,24,27). The monoisotopic (exact) mass is 406 g/mol. The third kappa shape index (κ3) is 6.04. The quantitative estimate of drug-likeness (QED) is 0.507. The van der Waals surface area contributed by atoms with Gasteiger partial charge in [0.05, 0.1) is 0 Å². The van der Waals surface area contributed by atoms with Crippen molar-refractivity contribution in [2.45, 2.75) is 0 Å². The summed E-state index contributed by atoms with van der Waals surface area (Å²) in [4.78, 5) is 2.06. The highest BCUT2D eigenvalue weighted by Crippen LogP contribution is 2.15. The number of benzene rings is 3. The van der Waals surface area contributed by atoms with Gasteiger partial charge in [0.1, 0.15) is 0 Å².